The maximum atomic E-state index is 13.6. The summed E-state index contributed by atoms with van der Waals surface area (Å²) in [7, 11) is 1.80. The number of halogens is 1. The van der Waals surface area contributed by atoms with Crippen molar-refractivity contribution in [1.29, 1.82) is 0 Å². The Labute approximate surface area is 94.6 Å². The molecule has 1 aliphatic heterocycles. The van der Waals surface area contributed by atoms with Crippen LogP contribution in [0.25, 0.3) is 0 Å². The van der Waals surface area contributed by atoms with Crippen molar-refractivity contribution in [2.24, 2.45) is 0 Å². The van der Waals surface area contributed by atoms with E-state index in [4.69, 9.17) is 9.47 Å². The van der Waals surface area contributed by atoms with Gasteiger partial charge in [0.2, 0.25) is 0 Å². The Balaban J connectivity index is 2.18. The van der Waals surface area contributed by atoms with Crippen LogP contribution in [0.15, 0.2) is 24.3 Å². The first kappa shape index (κ1) is 11.5. The lowest BCUT2D eigenvalue weighted by atomic mass is 10.0. The Morgan fingerprint density at radius 2 is 2.19 bits per heavy atom. The van der Waals surface area contributed by atoms with Gasteiger partial charge < -0.3 is 14.8 Å². The number of hydrogen-bond acceptors (Lipinski definition) is 3. The monoisotopic (exact) mass is 225 g/mol. The molecule has 16 heavy (non-hydrogen) atoms. The topological polar surface area (TPSA) is 30.5 Å². The molecule has 1 saturated heterocycles. The molecule has 1 aromatic carbocycles. The van der Waals surface area contributed by atoms with E-state index in [1.807, 2.05) is 6.07 Å². The number of rotatable bonds is 3. The largest absolute Gasteiger partial charge is 0.376 e. The van der Waals surface area contributed by atoms with Crippen LogP contribution in [-0.2, 0) is 9.47 Å². The summed E-state index contributed by atoms with van der Waals surface area (Å²) in [6, 6.07) is 6.58. The Morgan fingerprint density at radius 1 is 1.38 bits per heavy atom. The van der Waals surface area contributed by atoms with Crippen LogP contribution in [0, 0.1) is 5.82 Å². The summed E-state index contributed by atoms with van der Waals surface area (Å²) in [5.74, 6) is -0.212. The highest BCUT2D eigenvalue weighted by Gasteiger charge is 2.27. The molecule has 0 saturated carbocycles. The number of hydrogen-bond donors (Lipinski definition) is 1. The van der Waals surface area contributed by atoms with E-state index in [2.05, 4.69) is 5.32 Å². The van der Waals surface area contributed by atoms with Crippen molar-refractivity contribution in [2.45, 2.75) is 12.1 Å². The number of ether oxygens (including phenoxy) is 2. The summed E-state index contributed by atoms with van der Waals surface area (Å²) in [4.78, 5) is 0. The van der Waals surface area contributed by atoms with Crippen LogP contribution in [0.3, 0.4) is 0 Å². The van der Waals surface area contributed by atoms with E-state index in [1.165, 1.54) is 6.07 Å². The molecule has 1 heterocycles. The van der Waals surface area contributed by atoms with Gasteiger partial charge in [-0.1, -0.05) is 18.2 Å². The van der Waals surface area contributed by atoms with Crippen LogP contribution in [0.2, 0.25) is 0 Å². The second-order valence-corrected chi connectivity index (χ2v) is 3.77. The molecule has 0 radical (unpaired) electrons. The van der Waals surface area contributed by atoms with E-state index in [0.29, 0.717) is 25.4 Å². The zero-order chi connectivity index (χ0) is 11.4. The fraction of sp³-hybridized carbons (Fsp3) is 0.500. The minimum absolute atomic E-state index is 0.129. The molecule has 2 rings (SSSR count). The summed E-state index contributed by atoms with van der Waals surface area (Å²) in [6.07, 6.45) is -0.129. The van der Waals surface area contributed by atoms with Gasteiger partial charge in [-0.15, -0.1) is 0 Å². The summed E-state index contributed by atoms with van der Waals surface area (Å²) < 4.78 is 24.6. The molecule has 0 amide bonds. The van der Waals surface area contributed by atoms with E-state index in [0.717, 1.165) is 0 Å². The van der Waals surface area contributed by atoms with E-state index < -0.39 is 0 Å². The Bertz CT molecular complexity index is 340. The van der Waals surface area contributed by atoms with Crippen molar-refractivity contribution >= 4 is 0 Å². The first-order chi connectivity index (χ1) is 7.83. The zero-order valence-electron chi connectivity index (χ0n) is 9.28. The molecule has 2 unspecified atom stereocenters. The van der Waals surface area contributed by atoms with Crippen LogP contribution < -0.4 is 5.32 Å². The SMILES string of the molecule is CNC(c1ccccc1F)C1COCCO1. The van der Waals surface area contributed by atoms with E-state index >= 15 is 0 Å². The molecule has 88 valence electrons. The summed E-state index contributed by atoms with van der Waals surface area (Å²) in [6.45, 7) is 1.68. The zero-order valence-corrected chi connectivity index (χ0v) is 9.28. The van der Waals surface area contributed by atoms with Gasteiger partial charge >= 0.3 is 0 Å². The lowest BCUT2D eigenvalue weighted by molar-refractivity contribution is -0.102. The molecule has 4 heteroatoms. The van der Waals surface area contributed by atoms with Gasteiger partial charge in [0.1, 0.15) is 11.9 Å². The first-order valence-corrected chi connectivity index (χ1v) is 5.44. The standard InChI is InChI=1S/C12H16FNO2/c1-14-12(11-8-15-6-7-16-11)9-4-2-3-5-10(9)13/h2-5,11-12,14H,6-8H2,1H3. The molecule has 1 aromatic rings. The van der Waals surface area contributed by atoms with Crippen molar-refractivity contribution in [2.75, 3.05) is 26.9 Å². The molecule has 1 fully saturated rings. The van der Waals surface area contributed by atoms with Gasteiger partial charge in [-0.25, -0.2) is 4.39 Å². The fourth-order valence-corrected chi connectivity index (χ4v) is 1.97. The van der Waals surface area contributed by atoms with Crippen molar-refractivity contribution in [1.82, 2.24) is 5.32 Å². The molecule has 0 aliphatic carbocycles. The van der Waals surface area contributed by atoms with E-state index in [1.54, 1.807) is 19.2 Å². The van der Waals surface area contributed by atoms with E-state index in [9.17, 15) is 4.39 Å². The average molecular weight is 225 g/mol. The highest BCUT2D eigenvalue weighted by atomic mass is 19.1. The fourth-order valence-electron chi connectivity index (χ4n) is 1.97. The Morgan fingerprint density at radius 3 is 2.81 bits per heavy atom. The van der Waals surface area contributed by atoms with Crippen LogP contribution in [0.1, 0.15) is 11.6 Å². The van der Waals surface area contributed by atoms with Crippen molar-refractivity contribution in [3.63, 3.8) is 0 Å². The van der Waals surface area contributed by atoms with Gasteiger partial charge in [0.15, 0.2) is 0 Å². The number of benzene rings is 1. The van der Waals surface area contributed by atoms with Gasteiger partial charge in [-0.05, 0) is 13.1 Å². The second kappa shape index (κ2) is 5.39. The second-order valence-electron chi connectivity index (χ2n) is 3.77. The molecular formula is C12H16FNO2. The average Bonchev–Trinajstić information content (AvgIpc) is 2.34. The van der Waals surface area contributed by atoms with Crippen molar-refractivity contribution < 1.29 is 13.9 Å². The van der Waals surface area contributed by atoms with E-state index in [-0.39, 0.29) is 18.0 Å². The minimum atomic E-state index is -0.212. The summed E-state index contributed by atoms with van der Waals surface area (Å²) in [5.41, 5.74) is 0.625. The third kappa shape index (κ3) is 2.40. The molecular weight excluding hydrogens is 209 g/mol. The lowest BCUT2D eigenvalue weighted by Crippen LogP contribution is -2.39. The summed E-state index contributed by atoms with van der Waals surface area (Å²) >= 11 is 0. The molecule has 0 bridgehead atoms. The maximum absolute atomic E-state index is 13.6. The predicted molar refractivity (Wildman–Crippen MR) is 58.8 cm³/mol. The van der Waals surface area contributed by atoms with Gasteiger partial charge in [0.25, 0.3) is 0 Å². The minimum Gasteiger partial charge on any atom is -0.376 e. The first-order valence-electron chi connectivity index (χ1n) is 5.44. The quantitative estimate of drug-likeness (QED) is 0.845. The van der Waals surface area contributed by atoms with Gasteiger partial charge in [0, 0.05) is 5.56 Å². The van der Waals surface area contributed by atoms with Gasteiger partial charge in [-0.3, -0.25) is 0 Å². The van der Waals surface area contributed by atoms with Crippen molar-refractivity contribution in [3.05, 3.63) is 35.6 Å². The van der Waals surface area contributed by atoms with Gasteiger partial charge in [0.05, 0.1) is 25.9 Å². The lowest BCUT2D eigenvalue weighted by Gasteiger charge is -2.30. The van der Waals surface area contributed by atoms with Gasteiger partial charge in [-0.2, -0.15) is 0 Å². The van der Waals surface area contributed by atoms with Crippen LogP contribution in [0.5, 0.6) is 0 Å². The highest BCUT2D eigenvalue weighted by Crippen LogP contribution is 2.23. The molecule has 3 nitrogen and oxygen atoms in total. The number of nitrogens with one attached hydrogen (secondary N) is 1. The molecule has 0 spiro atoms. The Kier molecular flexibility index (Phi) is 3.88. The molecule has 2 atom stereocenters. The maximum Gasteiger partial charge on any atom is 0.128 e. The molecule has 1 aliphatic rings. The van der Waals surface area contributed by atoms with Crippen molar-refractivity contribution in [3.8, 4) is 0 Å². The van der Waals surface area contributed by atoms with Crippen LogP contribution in [0.4, 0.5) is 4.39 Å². The summed E-state index contributed by atoms with van der Waals surface area (Å²) in [5, 5.41) is 3.08. The van der Waals surface area contributed by atoms with Crippen LogP contribution in [-0.4, -0.2) is 33.0 Å². The highest BCUT2D eigenvalue weighted by molar-refractivity contribution is 5.22. The van der Waals surface area contributed by atoms with Crippen LogP contribution >= 0.6 is 0 Å². The molecule has 1 N–H and O–H groups in total. The molecule has 0 aromatic heterocycles. The smallest absolute Gasteiger partial charge is 0.128 e. The predicted octanol–water partition coefficient (Wildman–Crippen LogP) is 1.50. The normalized spacial score (nSPS) is 23.0. The third-order valence-corrected chi connectivity index (χ3v) is 2.76. The number of likely N-dealkylation sites (N-methyl/N-ethyl adjacent to an activating group) is 1. The Hall–Kier alpha value is -0.970. The third-order valence-electron chi connectivity index (χ3n) is 2.76.